The molecule has 1 unspecified atom stereocenters. The van der Waals surface area contributed by atoms with Gasteiger partial charge in [-0.15, -0.1) is 12.4 Å². The number of aliphatic hydroxyl groups excluding tert-OH is 1. The van der Waals surface area contributed by atoms with Gasteiger partial charge in [0.1, 0.15) is 30.4 Å². The monoisotopic (exact) mass is 479 g/mol. The molecule has 3 aromatic rings. The molecule has 0 saturated heterocycles. The zero-order valence-electron chi connectivity index (χ0n) is 17.5. The number of rotatable bonds is 12. The van der Waals surface area contributed by atoms with E-state index in [1.807, 2.05) is 36.4 Å². The highest BCUT2D eigenvalue weighted by molar-refractivity contribution is 6.30. The van der Waals surface area contributed by atoms with E-state index < -0.39 is 12.0 Å². The number of benzene rings is 2. The minimum atomic E-state index is -0.580. The van der Waals surface area contributed by atoms with Crippen LogP contribution in [0.5, 0.6) is 11.5 Å². The predicted molar refractivity (Wildman–Crippen MR) is 126 cm³/mol. The quantitative estimate of drug-likeness (QED) is 0.383. The topological polar surface area (TPSA) is 99.6 Å². The van der Waals surface area contributed by atoms with E-state index in [1.54, 1.807) is 22.9 Å². The Kier molecular flexibility index (Phi) is 10.3. The molecular weight excluding hydrogens is 453 g/mol. The first kappa shape index (κ1) is 25.5. The van der Waals surface area contributed by atoms with Gasteiger partial charge in [-0.3, -0.25) is 4.79 Å². The molecule has 0 aliphatic rings. The van der Waals surface area contributed by atoms with Crippen LogP contribution in [0, 0.1) is 0 Å². The summed E-state index contributed by atoms with van der Waals surface area (Å²) in [4.78, 5) is 15.0. The highest BCUT2D eigenvalue weighted by atomic mass is 35.5. The second-order valence-electron chi connectivity index (χ2n) is 7.12. The summed E-state index contributed by atoms with van der Waals surface area (Å²) in [6, 6.07) is 15.1. The number of para-hydroxylation sites is 1. The first-order chi connectivity index (χ1) is 15.0. The lowest BCUT2D eigenvalue weighted by atomic mass is 10.0. The lowest BCUT2D eigenvalue weighted by Crippen LogP contribution is -2.16. The summed E-state index contributed by atoms with van der Waals surface area (Å²) in [6.45, 7) is 1.21. The average molecular weight is 480 g/mol. The van der Waals surface area contributed by atoms with Crippen molar-refractivity contribution in [3.63, 3.8) is 0 Å². The number of hydrogen-bond acceptors (Lipinski definition) is 5. The van der Waals surface area contributed by atoms with Crippen molar-refractivity contribution in [1.82, 2.24) is 9.55 Å². The third kappa shape index (κ3) is 8.07. The van der Waals surface area contributed by atoms with Crippen LogP contribution in [0.1, 0.15) is 28.9 Å². The van der Waals surface area contributed by atoms with Crippen LogP contribution >= 0.6 is 24.0 Å². The van der Waals surface area contributed by atoms with Gasteiger partial charge in [0.2, 0.25) is 0 Å². The van der Waals surface area contributed by atoms with Gasteiger partial charge in [-0.05, 0) is 55.2 Å². The number of amides is 1. The Balaban J connectivity index is 0.00000363. The minimum absolute atomic E-state index is 0. The van der Waals surface area contributed by atoms with Crippen LogP contribution in [0.15, 0.2) is 61.1 Å². The largest absolute Gasteiger partial charge is 0.490 e. The first-order valence-electron chi connectivity index (χ1n) is 10.1. The Morgan fingerprint density at radius 1 is 1.12 bits per heavy atom. The van der Waals surface area contributed by atoms with Gasteiger partial charge in [-0.25, -0.2) is 4.98 Å². The van der Waals surface area contributed by atoms with Gasteiger partial charge in [0.05, 0.1) is 12.4 Å². The normalized spacial score (nSPS) is 11.4. The number of carbonyl (C=O) groups is 1. The van der Waals surface area contributed by atoms with Crippen molar-refractivity contribution < 1.29 is 19.4 Å². The van der Waals surface area contributed by atoms with Crippen LogP contribution in [-0.2, 0) is 13.0 Å². The van der Waals surface area contributed by atoms with Gasteiger partial charge in [-0.1, -0.05) is 29.8 Å². The van der Waals surface area contributed by atoms with Gasteiger partial charge < -0.3 is 24.9 Å². The van der Waals surface area contributed by atoms with E-state index in [0.29, 0.717) is 31.2 Å². The second kappa shape index (κ2) is 13.0. The van der Waals surface area contributed by atoms with Crippen molar-refractivity contribution in [3.05, 3.63) is 77.3 Å². The van der Waals surface area contributed by atoms with Crippen molar-refractivity contribution in [2.75, 3.05) is 13.2 Å². The van der Waals surface area contributed by atoms with Crippen molar-refractivity contribution in [1.29, 1.82) is 0 Å². The number of halogens is 2. The van der Waals surface area contributed by atoms with Gasteiger partial charge in [0, 0.05) is 17.8 Å². The molecule has 2 aromatic carbocycles. The maximum absolute atomic E-state index is 11.1. The summed E-state index contributed by atoms with van der Waals surface area (Å²) in [5.74, 6) is 0.983. The lowest BCUT2D eigenvalue weighted by molar-refractivity contribution is 0.0995. The fourth-order valence-corrected chi connectivity index (χ4v) is 3.27. The number of nitrogens with two attached hydrogens (primary N) is 1. The van der Waals surface area contributed by atoms with Crippen LogP contribution in [0.2, 0.25) is 5.02 Å². The summed E-state index contributed by atoms with van der Waals surface area (Å²) in [7, 11) is 0. The number of aliphatic hydroxyl groups is 1. The highest BCUT2D eigenvalue weighted by Crippen LogP contribution is 2.21. The number of ether oxygens (including phenoxy) is 2. The summed E-state index contributed by atoms with van der Waals surface area (Å²) in [5.41, 5.74) is 6.47. The third-order valence-corrected chi connectivity index (χ3v) is 4.94. The molecule has 1 heterocycles. The number of hydrogen-bond donors (Lipinski definition) is 2. The first-order valence-corrected chi connectivity index (χ1v) is 10.5. The predicted octanol–water partition coefficient (Wildman–Crippen LogP) is 3.90. The Hall–Kier alpha value is -2.74. The molecule has 7 nitrogen and oxygen atoms in total. The summed E-state index contributed by atoms with van der Waals surface area (Å²) >= 11 is 5.87. The van der Waals surface area contributed by atoms with Crippen LogP contribution < -0.4 is 15.2 Å². The fraction of sp³-hybridized carbons (Fsp3) is 0.304. The average Bonchev–Trinajstić information content (AvgIpc) is 3.22. The zero-order chi connectivity index (χ0) is 22.1. The maximum atomic E-state index is 11.1. The Bertz CT molecular complexity index is 979. The Morgan fingerprint density at radius 2 is 1.84 bits per heavy atom. The van der Waals surface area contributed by atoms with Crippen LogP contribution in [-0.4, -0.2) is 39.9 Å². The van der Waals surface area contributed by atoms with Crippen LogP contribution in [0.4, 0.5) is 0 Å². The molecule has 172 valence electrons. The third-order valence-electron chi connectivity index (χ3n) is 4.69. The van der Waals surface area contributed by atoms with Crippen LogP contribution in [0.25, 0.3) is 0 Å². The molecule has 0 aliphatic heterocycles. The molecule has 0 saturated carbocycles. The summed E-state index contributed by atoms with van der Waals surface area (Å²) in [5, 5.41) is 10.9. The van der Waals surface area contributed by atoms with Crippen molar-refractivity contribution in [2.24, 2.45) is 5.73 Å². The molecule has 9 heteroatoms. The molecule has 0 bridgehead atoms. The molecule has 1 aromatic heterocycles. The SMILES string of the molecule is Cl.NC(=O)c1cn(CC(O)CCCc2ccccc2OCCOc2ccc(Cl)cc2)cn1. The van der Waals surface area contributed by atoms with E-state index in [-0.39, 0.29) is 18.1 Å². The second-order valence-corrected chi connectivity index (χ2v) is 7.56. The van der Waals surface area contributed by atoms with Crippen molar-refractivity contribution in [2.45, 2.75) is 31.9 Å². The Morgan fingerprint density at radius 3 is 2.56 bits per heavy atom. The van der Waals surface area contributed by atoms with Gasteiger partial charge in [0.15, 0.2) is 0 Å². The summed E-state index contributed by atoms with van der Waals surface area (Å²) in [6.07, 6.45) is 4.68. The van der Waals surface area contributed by atoms with E-state index in [4.69, 9.17) is 26.8 Å². The number of carbonyl (C=O) groups excluding carboxylic acids is 1. The van der Waals surface area contributed by atoms with Gasteiger partial charge in [0.25, 0.3) is 5.91 Å². The van der Waals surface area contributed by atoms with E-state index in [2.05, 4.69) is 4.98 Å². The molecule has 32 heavy (non-hydrogen) atoms. The molecule has 0 fully saturated rings. The Labute approximate surface area is 198 Å². The van der Waals surface area contributed by atoms with E-state index >= 15 is 0 Å². The number of aromatic nitrogens is 2. The van der Waals surface area contributed by atoms with Gasteiger partial charge >= 0.3 is 0 Å². The van der Waals surface area contributed by atoms with Crippen LogP contribution in [0.3, 0.4) is 0 Å². The van der Waals surface area contributed by atoms with Crippen molar-refractivity contribution >= 4 is 29.9 Å². The minimum Gasteiger partial charge on any atom is -0.490 e. The lowest BCUT2D eigenvalue weighted by Gasteiger charge is -2.14. The zero-order valence-corrected chi connectivity index (χ0v) is 19.1. The molecular formula is C23H27Cl2N3O4. The molecule has 1 atom stereocenters. The molecule has 0 radical (unpaired) electrons. The highest BCUT2D eigenvalue weighted by Gasteiger charge is 2.10. The number of primary amides is 1. The molecule has 3 N–H and O–H groups in total. The number of nitrogens with zero attached hydrogens (tertiary/aromatic N) is 2. The molecule has 0 aliphatic carbocycles. The summed E-state index contributed by atoms with van der Waals surface area (Å²) < 4.78 is 13.2. The fourth-order valence-electron chi connectivity index (χ4n) is 3.14. The van der Waals surface area contributed by atoms with Gasteiger partial charge in [-0.2, -0.15) is 0 Å². The maximum Gasteiger partial charge on any atom is 0.268 e. The smallest absolute Gasteiger partial charge is 0.268 e. The molecule has 1 amide bonds. The van der Waals surface area contributed by atoms with E-state index in [1.165, 1.54) is 6.33 Å². The number of aryl methyl sites for hydroxylation is 1. The number of imidazole rings is 1. The van der Waals surface area contributed by atoms with E-state index in [9.17, 15) is 9.90 Å². The molecule has 0 spiro atoms. The van der Waals surface area contributed by atoms with E-state index in [0.717, 1.165) is 29.9 Å². The van der Waals surface area contributed by atoms with Crippen molar-refractivity contribution in [3.8, 4) is 11.5 Å². The standard InChI is InChI=1S/C23H26ClN3O4.ClH/c24-18-8-10-20(11-9-18)30-12-13-31-22-7-2-1-4-17(22)5-3-6-19(28)14-27-15-21(23(25)29)26-16-27;/h1-2,4,7-11,15-16,19,28H,3,5-6,12-14H2,(H2,25,29);1H. The molecule has 3 rings (SSSR count).